The lowest BCUT2D eigenvalue weighted by Gasteiger charge is -2.05. The molecule has 2 heterocycles. The number of hydrogen-bond acceptors (Lipinski definition) is 3. The molecule has 4 aromatic carbocycles. The molecular formula is C33H26O2S3+2. The van der Waals surface area contributed by atoms with Gasteiger partial charge in [-0.25, -0.2) is 0 Å². The highest BCUT2D eigenvalue weighted by atomic mass is 32.2. The number of benzene rings is 4. The molecular weight excluding hydrogens is 525 g/mol. The fraction of sp³-hybridized carbons (Fsp3) is 0.0303. The summed E-state index contributed by atoms with van der Waals surface area (Å²) in [4.78, 5) is 7.23. The zero-order valence-electron chi connectivity index (χ0n) is 20.5. The van der Waals surface area contributed by atoms with Crippen molar-refractivity contribution < 1.29 is 8.83 Å². The second kappa shape index (κ2) is 11.5. The van der Waals surface area contributed by atoms with Crippen LogP contribution in [0, 0.1) is 0 Å². The largest absolute Gasteiger partial charge is 0.462 e. The first kappa shape index (κ1) is 24.8. The second-order valence-corrected chi connectivity index (χ2v) is 13.2. The zero-order chi connectivity index (χ0) is 25.7. The van der Waals surface area contributed by atoms with Crippen LogP contribution in [-0.2, 0) is 21.8 Å². The topological polar surface area (TPSA) is 26.3 Å². The van der Waals surface area contributed by atoms with Crippen LogP contribution in [0.25, 0.3) is 0 Å². The van der Waals surface area contributed by atoms with E-state index in [-0.39, 0.29) is 27.0 Å². The van der Waals surface area contributed by atoms with Gasteiger partial charge in [-0.3, -0.25) is 0 Å². The van der Waals surface area contributed by atoms with Gasteiger partial charge in [-0.15, -0.1) is 0 Å². The van der Waals surface area contributed by atoms with Crippen LogP contribution in [0.5, 0.6) is 0 Å². The first-order chi connectivity index (χ1) is 18.8. The molecule has 0 aliphatic rings. The van der Waals surface area contributed by atoms with Gasteiger partial charge in [0.05, 0.1) is 0 Å². The van der Waals surface area contributed by atoms with Gasteiger partial charge in [-0.05, 0) is 48.5 Å². The van der Waals surface area contributed by atoms with E-state index in [1.165, 1.54) is 19.6 Å². The molecule has 0 radical (unpaired) electrons. The standard InChI is InChI=1S/C33H25O2S3/c36-33(31-21-29(23-34-31)37(25-13-5-1-6-14-25)26-15-7-2-8-16-26)32-22-30(24-35-32)38(27-17-9-3-10-18-27)28-19-11-4-12-20-28/h1-24,33H/q+1/p+1. The van der Waals surface area contributed by atoms with Crippen molar-refractivity contribution in [2.24, 2.45) is 0 Å². The van der Waals surface area contributed by atoms with Gasteiger partial charge >= 0.3 is 0 Å². The van der Waals surface area contributed by atoms with Crippen LogP contribution in [0.3, 0.4) is 0 Å². The van der Waals surface area contributed by atoms with Crippen molar-refractivity contribution in [1.82, 2.24) is 0 Å². The maximum atomic E-state index is 6.12. The highest BCUT2D eigenvalue weighted by Gasteiger charge is 2.34. The summed E-state index contributed by atoms with van der Waals surface area (Å²) in [6, 6.07) is 46.5. The Hall–Kier alpha value is -3.51. The van der Waals surface area contributed by atoms with Gasteiger partial charge in [0.15, 0.2) is 19.6 Å². The van der Waals surface area contributed by atoms with E-state index in [1.54, 1.807) is 0 Å². The third-order valence-corrected chi connectivity index (χ3v) is 11.0. The molecule has 2 nitrogen and oxygen atoms in total. The second-order valence-electron chi connectivity index (χ2n) is 8.64. The van der Waals surface area contributed by atoms with E-state index < -0.39 is 0 Å². The predicted octanol–water partition coefficient (Wildman–Crippen LogP) is 9.08. The normalized spacial score (nSPS) is 11.5. The summed E-state index contributed by atoms with van der Waals surface area (Å²) in [6.45, 7) is 0. The molecule has 0 aliphatic carbocycles. The molecule has 5 heteroatoms. The van der Waals surface area contributed by atoms with Crippen molar-refractivity contribution in [3.8, 4) is 0 Å². The lowest BCUT2D eigenvalue weighted by molar-refractivity contribution is 0.468. The van der Waals surface area contributed by atoms with Crippen LogP contribution in [0.15, 0.2) is 184 Å². The Labute approximate surface area is 234 Å². The molecule has 186 valence electrons. The van der Waals surface area contributed by atoms with E-state index >= 15 is 0 Å². The molecule has 6 aromatic rings. The van der Waals surface area contributed by atoms with E-state index in [0.29, 0.717) is 0 Å². The molecule has 0 bridgehead atoms. The van der Waals surface area contributed by atoms with Crippen molar-refractivity contribution in [3.63, 3.8) is 0 Å². The minimum Gasteiger partial charge on any atom is -0.462 e. The van der Waals surface area contributed by atoms with E-state index in [9.17, 15) is 0 Å². The minimum atomic E-state index is -0.313. The van der Waals surface area contributed by atoms with E-state index in [2.05, 4.69) is 109 Å². The average molecular weight is 551 g/mol. The van der Waals surface area contributed by atoms with E-state index in [4.69, 9.17) is 21.5 Å². The number of furan rings is 2. The molecule has 0 unspecified atom stereocenters. The summed E-state index contributed by atoms with van der Waals surface area (Å²) in [5, 5.41) is -0.313. The Morgan fingerprint density at radius 3 is 1.00 bits per heavy atom. The van der Waals surface area contributed by atoms with Gasteiger partial charge in [-0.1, -0.05) is 72.8 Å². The Kier molecular flexibility index (Phi) is 7.49. The maximum Gasteiger partial charge on any atom is 0.204 e. The van der Waals surface area contributed by atoms with Gasteiger partial charge in [-0.2, -0.15) is 12.6 Å². The maximum absolute atomic E-state index is 6.12. The number of rotatable bonds is 8. The van der Waals surface area contributed by atoms with Crippen molar-refractivity contribution in [3.05, 3.63) is 158 Å². The van der Waals surface area contributed by atoms with Crippen LogP contribution >= 0.6 is 12.6 Å². The van der Waals surface area contributed by atoms with Crippen LogP contribution in [0.2, 0.25) is 0 Å². The molecule has 0 amide bonds. The third kappa shape index (κ3) is 5.23. The van der Waals surface area contributed by atoms with Crippen LogP contribution in [0.4, 0.5) is 0 Å². The van der Waals surface area contributed by atoms with Crippen molar-refractivity contribution in [1.29, 1.82) is 0 Å². The number of thiol groups is 1. The molecule has 0 N–H and O–H groups in total. The summed E-state index contributed by atoms with van der Waals surface area (Å²) >= 11 is 4.94. The molecule has 2 aromatic heterocycles. The van der Waals surface area contributed by atoms with Gasteiger partial charge in [0, 0.05) is 12.1 Å². The smallest absolute Gasteiger partial charge is 0.204 e. The quantitative estimate of drug-likeness (QED) is 0.151. The summed E-state index contributed by atoms with van der Waals surface area (Å²) in [5.41, 5.74) is 0. The Morgan fingerprint density at radius 2 is 0.711 bits per heavy atom. The SMILES string of the molecule is SC(c1cc([S+](c2ccccc2)c2ccccc2)co1)c1cc([S+](c2ccccc2)c2ccccc2)co1. The van der Waals surface area contributed by atoms with Gasteiger partial charge in [0.2, 0.25) is 9.79 Å². The van der Waals surface area contributed by atoms with Gasteiger partial charge in [0.25, 0.3) is 0 Å². The fourth-order valence-electron chi connectivity index (χ4n) is 4.35. The highest BCUT2D eigenvalue weighted by molar-refractivity contribution is 7.97. The van der Waals surface area contributed by atoms with Crippen LogP contribution in [0.1, 0.15) is 16.8 Å². The van der Waals surface area contributed by atoms with Gasteiger partial charge in [0.1, 0.15) is 51.1 Å². The minimum absolute atomic E-state index is 0.276. The van der Waals surface area contributed by atoms with Gasteiger partial charge < -0.3 is 8.83 Å². The Morgan fingerprint density at radius 1 is 0.421 bits per heavy atom. The fourth-order valence-corrected chi connectivity index (χ4v) is 8.73. The summed E-state index contributed by atoms with van der Waals surface area (Å²) < 4.78 is 12.2. The zero-order valence-corrected chi connectivity index (χ0v) is 23.0. The first-order valence-electron chi connectivity index (χ1n) is 12.3. The molecule has 0 atom stereocenters. The monoisotopic (exact) mass is 550 g/mol. The lowest BCUT2D eigenvalue weighted by Crippen LogP contribution is -2.03. The molecule has 0 spiro atoms. The molecule has 0 saturated carbocycles. The summed E-state index contributed by atoms with van der Waals surface area (Å²) in [6.07, 6.45) is 3.73. The van der Waals surface area contributed by atoms with E-state index in [0.717, 1.165) is 21.3 Å². The van der Waals surface area contributed by atoms with Crippen molar-refractivity contribution in [2.45, 2.75) is 34.6 Å². The molecule has 0 saturated heterocycles. The molecule has 38 heavy (non-hydrogen) atoms. The predicted molar refractivity (Wildman–Crippen MR) is 158 cm³/mol. The molecule has 0 aliphatic heterocycles. The highest BCUT2D eigenvalue weighted by Crippen LogP contribution is 2.39. The van der Waals surface area contributed by atoms with Crippen LogP contribution in [-0.4, -0.2) is 0 Å². The Balaban J connectivity index is 1.32. The first-order valence-corrected chi connectivity index (χ1v) is 15.3. The third-order valence-electron chi connectivity index (χ3n) is 6.12. The molecule has 6 rings (SSSR count). The number of hydrogen-bond donors (Lipinski definition) is 1. The molecule has 0 fully saturated rings. The average Bonchev–Trinajstić information content (AvgIpc) is 3.66. The summed E-state index contributed by atoms with van der Waals surface area (Å²) in [7, 11) is -0.551. The van der Waals surface area contributed by atoms with Crippen molar-refractivity contribution >= 4 is 34.4 Å². The van der Waals surface area contributed by atoms with Crippen LogP contribution < -0.4 is 0 Å². The Bertz CT molecular complexity index is 1380. The van der Waals surface area contributed by atoms with E-state index in [1.807, 2.05) is 36.8 Å². The lowest BCUT2D eigenvalue weighted by atomic mass is 10.2. The van der Waals surface area contributed by atoms with Crippen molar-refractivity contribution in [2.75, 3.05) is 0 Å². The summed E-state index contributed by atoms with van der Waals surface area (Å²) in [5.74, 6) is 1.54.